The molecule has 3 aromatic rings. The molecule has 1 heterocycles. The number of aliphatic hydroxyl groups excluding tert-OH is 1. The highest BCUT2D eigenvalue weighted by Crippen LogP contribution is 2.27. The van der Waals surface area contributed by atoms with Crippen molar-refractivity contribution in [3.63, 3.8) is 0 Å². The molecule has 1 N–H and O–H groups in total. The van der Waals surface area contributed by atoms with Crippen molar-refractivity contribution in [1.29, 1.82) is 0 Å². The van der Waals surface area contributed by atoms with E-state index in [4.69, 9.17) is 23.2 Å². The zero-order chi connectivity index (χ0) is 15.0. The summed E-state index contributed by atoms with van der Waals surface area (Å²) in [7, 11) is 0. The van der Waals surface area contributed by atoms with Crippen molar-refractivity contribution in [2.24, 2.45) is 0 Å². The average molecular weight is 320 g/mol. The maximum absolute atomic E-state index is 9.50. The SMILES string of the molecule is Cc1ccc(Cn2cc(CO)c3ccc(Cl)cc32)c(Cl)c1. The van der Waals surface area contributed by atoms with Crippen LogP contribution in [0.1, 0.15) is 16.7 Å². The lowest BCUT2D eigenvalue weighted by Crippen LogP contribution is -1.99. The molecule has 0 unspecified atom stereocenters. The van der Waals surface area contributed by atoms with Gasteiger partial charge in [0.2, 0.25) is 0 Å². The van der Waals surface area contributed by atoms with Crippen LogP contribution in [0.25, 0.3) is 10.9 Å². The smallest absolute Gasteiger partial charge is 0.0702 e. The van der Waals surface area contributed by atoms with Crippen molar-refractivity contribution in [2.75, 3.05) is 0 Å². The summed E-state index contributed by atoms with van der Waals surface area (Å²) in [5.74, 6) is 0. The number of nitrogens with zero attached hydrogens (tertiary/aromatic N) is 1. The molecule has 4 heteroatoms. The van der Waals surface area contributed by atoms with Crippen molar-refractivity contribution < 1.29 is 5.11 Å². The van der Waals surface area contributed by atoms with Gasteiger partial charge in [-0.3, -0.25) is 0 Å². The van der Waals surface area contributed by atoms with Crippen LogP contribution in [0.3, 0.4) is 0 Å². The fourth-order valence-electron chi connectivity index (χ4n) is 2.56. The van der Waals surface area contributed by atoms with E-state index in [0.717, 1.165) is 32.6 Å². The normalized spacial score (nSPS) is 11.2. The second-order valence-corrected chi connectivity index (χ2v) is 6.04. The average Bonchev–Trinajstić information content (AvgIpc) is 2.79. The van der Waals surface area contributed by atoms with Crippen molar-refractivity contribution in [3.8, 4) is 0 Å². The van der Waals surface area contributed by atoms with Gasteiger partial charge in [0, 0.05) is 33.7 Å². The van der Waals surface area contributed by atoms with E-state index < -0.39 is 0 Å². The van der Waals surface area contributed by atoms with E-state index in [1.807, 2.05) is 49.5 Å². The van der Waals surface area contributed by atoms with Crippen molar-refractivity contribution in [3.05, 3.63) is 69.3 Å². The third-order valence-electron chi connectivity index (χ3n) is 3.65. The molecular formula is C17H15Cl2NO. The van der Waals surface area contributed by atoms with Gasteiger partial charge in [0.05, 0.1) is 12.1 Å². The lowest BCUT2D eigenvalue weighted by molar-refractivity contribution is 0.283. The first kappa shape index (κ1) is 14.5. The first-order valence-corrected chi connectivity index (χ1v) is 7.47. The number of benzene rings is 2. The molecule has 0 amide bonds. The van der Waals surface area contributed by atoms with Crippen LogP contribution in [-0.4, -0.2) is 9.67 Å². The molecule has 21 heavy (non-hydrogen) atoms. The summed E-state index contributed by atoms with van der Waals surface area (Å²) in [5, 5.41) is 12.0. The largest absolute Gasteiger partial charge is 0.392 e. The van der Waals surface area contributed by atoms with Crippen LogP contribution in [0.4, 0.5) is 0 Å². The molecule has 2 aromatic carbocycles. The fourth-order valence-corrected chi connectivity index (χ4v) is 3.02. The third kappa shape index (κ3) is 2.80. The predicted octanol–water partition coefficient (Wildman–Crippen LogP) is 4.80. The van der Waals surface area contributed by atoms with Crippen LogP contribution in [0.15, 0.2) is 42.6 Å². The van der Waals surface area contributed by atoms with E-state index in [-0.39, 0.29) is 6.61 Å². The summed E-state index contributed by atoms with van der Waals surface area (Å²) in [4.78, 5) is 0. The Kier molecular flexibility index (Phi) is 3.94. The zero-order valence-corrected chi connectivity index (χ0v) is 13.1. The summed E-state index contributed by atoms with van der Waals surface area (Å²) >= 11 is 12.4. The van der Waals surface area contributed by atoms with Crippen molar-refractivity contribution >= 4 is 34.1 Å². The van der Waals surface area contributed by atoms with Gasteiger partial charge in [-0.15, -0.1) is 0 Å². The number of aryl methyl sites for hydroxylation is 1. The molecular weight excluding hydrogens is 305 g/mol. The molecule has 108 valence electrons. The summed E-state index contributed by atoms with van der Waals surface area (Å²) in [6.07, 6.45) is 1.96. The first-order valence-electron chi connectivity index (χ1n) is 6.71. The molecule has 0 radical (unpaired) electrons. The Hall–Kier alpha value is -1.48. The number of rotatable bonds is 3. The van der Waals surface area contributed by atoms with E-state index in [0.29, 0.717) is 11.6 Å². The minimum Gasteiger partial charge on any atom is -0.392 e. The molecule has 1 aromatic heterocycles. The van der Waals surface area contributed by atoms with Gasteiger partial charge in [0.25, 0.3) is 0 Å². The number of aromatic nitrogens is 1. The molecule has 0 fully saturated rings. The molecule has 0 saturated carbocycles. The van der Waals surface area contributed by atoms with E-state index >= 15 is 0 Å². The highest BCUT2D eigenvalue weighted by molar-refractivity contribution is 6.31. The Morgan fingerprint density at radius 3 is 2.57 bits per heavy atom. The number of hydrogen-bond acceptors (Lipinski definition) is 1. The molecule has 3 rings (SSSR count). The first-order chi connectivity index (χ1) is 10.1. The molecule has 0 aliphatic heterocycles. The van der Waals surface area contributed by atoms with Gasteiger partial charge in [-0.05, 0) is 36.2 Å². The van der Waals surface area contributed by atoms with E-state index in [2.05, 4.69) is 4.57 Å². The van der Waals surface area contributed by atoms with Crippen molar-refractivity contribution in [1.82, 2.24) is 4.57 Å². The summed E-state index contributed by atoms with van der Waals surface area (Å²) in [6.45, 7) is 2.67. The second kappa shape index (κ2) is 5.72. The monoisotopic (exact) mass is 319 g/mol. The van der Waals surface area contributed by atoms with Gasteiger partial charge >= 0.3 is 0 Å². The maximum atomic E-state index is 9.50. The summed E-state index contributed by atoms with van der Waals surface area (Å²) in [5.41, 5.74) is 4.08. The van der Waals surface area contributed by atoms with Crippen LogP contribution in [0.5, 0.6) is 0 Å². The molecule has 0 spiro atoms. The second-order valence-electron chi connectivity index (χ2n) is 5.20. The Morgan fingerprint density at radius 1 is 1.05 bits per heavy atom. The van der Waals surface area contributed by atoms with E-state index in [1.165, 1.54) is 0 Å². The van der Waals surface area contributed by atoms with Gasteiger partial charge < -0.3 is 9.67 Å². The van der Waals surface area contributed by atoms with Crippen molar-refractivity contribution in [2.45, 2.75) is 20.1 Å². The number of aliphatic hydroxyl groups is 1. The molecule has 2 nitrogen and oxygen atoms in total. The zero-order valence-electron chi connectivity index (χ0n) is 11.6. The van der Waals surface area contributed by atoms with Gasteiger partial charge in [-0.1, -0.05) is 41.4 Å². The lowest BCUT2D eigenvalue weighted by atomic mass is 10.1. The number of halogens is 2. The lowest BCUT2D eigenvalue weighted by Gasteiger charge is -2.08. The Morgan fingerprint density at radius 2 is 1.86 bits per heavy atom. The minimum atomic E-state index is 0.00671. The standard InChI is InChI=1S/C17H15Cl2NO/c1-11-2-3-12(16(19)6-11)8-20-9-13(10-21)15-5-4-14(18)7-17(15)20/h2-7,9,21H,8,10H2,1H3. The van der Waals surface area contributed by atoms with Crippen LogP contribution in [-0.2, 0) is 13.2 Å². The quantitative estimate of drug-likeness (QED) is 0.737. The Bertz CT molecular complexity index is 808. The highest BCUT2D eigenvalue weighted by atomic mass is 35.5. The third-order valence-corrected chi connectivity index (χ3v) is 4.23. The molecule has 0 aliphatic rings. The molecule has 0 saturated heterocycles. The molecule has 0 aliphatic carbocycles. The molecule has 0 atom stereocenters. The van der Waals surface area contributed by atoms with Crippen LogP contribution in [0.2, 0.25) is 10.0 Å². The van der Waals surface area contributed by atoms with Gasteiger partial charge in [0.15, 0.2) is 0 Å². The Balaban J connectivity index is 2.09. The van der Waals surface area contributed by atoms with E-state index in [1.54, 1.807) is 0 Å². The fraction of sp³-hybridized carbons (Fsp3) is 0.176. The minimum absolute atomic E-state index is 0.00671. The van der Waals surface area contributed by atoms with Gasteiger partial charge in [-0.25, -0.2) is 0 Å². The number of hydrogen-bond donors (Lipinski definition) is 1. The maximum Gasteiger partial charge on any atom is 0.0702 e. The van der Waals surface area contributed by atoms with Crippen LogP contribution in [0, 0.1) is 6.92 Å². The Labute approximate surface area is 133 Å². The number of fused-ring (bicyclic) bond motifs is 1. The van der Waals surface area contributed by atoms with E-state index in [9.17, 15) is 5.11 Å². The summed E-state index contributed by atoms with van der Waals surface area (Å²) in [6, 6.07) is 11.7. The highest BCUT2D eigenvalue weighted by Gasteiger charge is 2.10. The molecule has 0 bridgehead atoms. The predicted molar refractivity (Wildman–Crippen MR) is 88.2 cm³/mol. The van der Waals surface area contributed by atoms with Gasteiger partial charge in [0.1, 0.15) is 0 Å². The van der Waals surface area contributed by atoms with Gasteiger partial charge in [-0.2, -0.15) is 0 Å². The summed E-state index contributed by atoms with van der Waals surface area (Å²) < 4.78 is 2.07. The van der Waals surface area contributed by atoms with Crippen LogP contribution < -0.4 is 0 Å². The topological polar surface area (TPSA) is 25.2 Å². The van der Waals surface area contributed by atoms with Crippen LogP contribution >= 0.6 is 23.2 Å².